The van der Waals surface area contributed by atoms with Gasteiger partial charge in [-0.15, -0.1) is 0 Å². The Bertz CT molecular complexity index is 793. The quantitative estimate of drug-likeness (QED) is 0.803. The molecule has 4 nitrogen and oxygen atoms in total. The molecule has 0 saturated carbocycles. The molecular weight excluding hydrogens is 269 g/mol. The number of aromatic nitrogens is 2. The van der Waals surface area contributed by atoms with Gasteiger partial charge < -0.3 is 9.72 Å². The van der Waals surface area contributed by atoms with Crippen molar-refractivity contribution in [3.8, 4) is 0 Å². The van der Waals surface area contributed by atoms with Crippen LogP contribution in [0.15, 0.2) is 48.7 Å². The van der Waals surface area contributed by atoms with Crippen LogP contribution < -0.4 is 5.32 Å². The minimum absolute atomic E-state index is 0.240. The maximum absolute atomic E-state index is 12.8. The van der Waals surface area contributed by atoms with E-state index in [9.17, 15) is 9.18 Å². The molecule has 0 aliphatic heterocycles. The van der Waals surface area contributed by atoms with E-state index in [4.69, 9.17) is 0 Å². The van der Waals surface area contributed by atoms with E-state index < -0.39 is 0 Å². The van der Waals surface area contributed by atoms with Crippen molar-refractivity contribution in [1.82, 2.24) is 14.7 Å². The highest BCUT2D eigenvalue weighted by molar-refractivity contribution is 5.99. The lowest BCUT2D eigenvalue weighted by Gasteiger charge is -2.04. The molecular formula is C16H14FN3O. The van der Waals surface area contributed by atoms with Crippen molar-refractivity contribution in [3.05, 3.63) is 71.6 Å². The van der Waals surface area contributed by atoms with Crippen LogP contribution in [0.1, 0.15) is 21.9 Å². The number of carbonyl (C=O) groups is 1. The molecule has 106 valence electrons. The SMILES string of the molecule is Cc1nc(C(=O)NCc2ccc(F)cc2)c2ccccn12. The van der Waals surface area contributed by atoms with Crippen molar-refractivity contribution in [1.29, 1.82) is 0 Å². The fraction of sp³-hybridized carbons (Fsp3) is 0.125. The molecule has 0 radical (unpaired) electrons. The monoisotopic (exact) mass is 283 g/mol. The zero-order valence-electron chi connectivity index (χ0n) is 11.5. The molecule has 0 bridgehead atoms. The molecule has 1 aromatic carbocycles. The van der Waals surface area contributed by atoms with E-state index in [2.05, 4.69) is 10.3 Å². The fourth-order valence-corrected chi connectivity index (χ4v) is 2.23. The molecule has 2 aromatic heterocycles. The summed E-state index contributed by atoms with van der Waals surface area (Å²) in [6.45, 7) is 2.19. The molecule has 5 heteroatoms. The third-order valence-electron chi connectivity index (χ3n) is 3.31. The van der Waals surface area contributed by atoms with Gasteiger partial charge >= 0.3 is 0 Å². The first-order valence-corrected chi connectivity index (χ1v) is 6.61. The number of nitrogens with one attached hydrogen (secondary N) is 1. The minimum atomic E-state index is -0.291. The molecule has 21 heavy (non-hydrogen) atoms. The second kappa shape index (κ2) is 5.36. The van der Waals surface area contributed by atoms with Gasteiger partial charge in [0.15, 0.2) is 5.69 Å². The summed E-state index contributed by atoms with van der Waals surface area (Å²) in [5.41, 5.74) is 2.01. The first kappa shape index (κ1) is 13.3. The molecule has 2 heterocycles. The van der Waals surface area contributed by atoms with E-state index in [1.165, 1.54) is 12.1 Å². The number of amides is 1. The Morgan fingerprint density at radius 1 is 1.24 bits per heavy atom. The van der Waals surface area contributed by atoms with Gasteiger partial charge in [0.25, 0.3) is 5.91 Å². The van der Waals surface area contributed by atoms with Gasteiger partial charge in [-0.2, -0.15) is 0 Å². The van der Waals surface area contributed by atoms with Gasteiger partial charge in [0.1, 0.15) is 11.6 Å². The highest BCUT2D eigenvalue weighted by atomic mass is 19.1. The molecule has 1 N–H and O–H groups in total. The second-order valence-corrected chi connectivity index (χ2v) is 4.77. The number of carbonyl (C=O) groups excluding carboxylic acids is 1. The highest BCUT2D eigenvalue weighted by Gasteiger charge is 2.14. The number of hydrogen-bond donors (Lipinski definition) is 1. The van der Waals surface area contributed by atoms with Gasteiger partial charge in [0.05, 0.1) is 5.52 Å². The Kier molecular flexibility index (Phi) is 3.39. The normalized spacial score (nSPS) is 10.8. The van der Waals surface area contributed by atoms with Crippen LogP contribution in [0.3, 0.4) is 0 Å². The molecule has 0 unspecified atom stereocenters. The first-order valence-electron chi connectivity index (χ1n) is 6.61. The highest BCUT2D eigenvalue weighted by Crippen LogP contribution is 2.12. The zero-order chi connectivity index (χ0) is 14.8. The molecule has 3 rings (SSSR count). The van der Waals surface area contributed by atoms with Crippen molar-refractivity contribution in [3.63, 3.8) is 0 Å². The van der Waals surface area contributed by atoms with Crippen LogP contribution in [0, 0.1) is 12.7 Å². The number of imidazole rings is 1. The summed E-state index contributed by atoms with van der Waals surface area (Å²) in [5, 5.41) is 2.80. The lowest BCUT2D eigenvalue weighted by molar-refractivity contribution is 0.0948. The van der Waals surface area contributed by atoms with Crippen molar-refractivity contribution in [2.75, 3.05) is 0 Å². The zero-order valence-corrected chi connectivity index (χ0v) is 11.5. The van der Waals surface area contributed by atoms with Crippen LogP contribution in [0.4, 0.5) is 4.39 Å². The molecule has 0 atom stereocenters. The number of aryl methyl sites for hydroxylation is 1. The van der Waals surface area contributed by atoms with Crippen molar-refractivity contribution < 1.29 is 9.18 Å². The average Bonchev–Trinajstić information content (AvgIpc) is 2.84. The van der Waals surface area contributed by atoms with Crippen molar-refractivity contribution in [2.45, 2.75) is 13.5 Å². The summed E-state index contributed by atoms with van der Waals surface area (Å²) in [7, 11) is 0. The maximum atomic E-state index is 12.8. The van der Waals surface area contributed by atoms with E-state index in [0.29, 0.717) is 12.2 Å². The average molecular weight is 283 g/mol. The standard InChI is InChI=1S/C16H14FN3O/c1-11-19-15(14-4-2-3-9-20(11)14)16(21)18-10-12-5-7-13(17)8-6-12/h2-9H,10H2,1H3,(H,18,21). The summed E-state index contributed by atoms with van der Waals surface area (Å²) in [4.78, 5) is 16.6. The van der Waals surface area contributed by atoms with Gasteiger partial charge in [-0.1, -0.05) is 18.2 Å². The Labute approximate surface area is 121 Å². The van der Waals surface area contributed by atoms with E-state index in [-0.39, 0.29) is 11.7 Å². The number of nitrogens with zero attached hydrogens (tertiary/aromatic N) is 2. The molecule has 0 fully saturated rings. The maximum Gasteiger partial charge on any atom is 0.272 e. The number of halogens is 1. The Morgan fingerprint density at radius 3 is 2.76 bits per heavy atom. The van der Waals surface area contributed by atoms with E-state index in [1.54, 1.807) is 12.1 Å². The lowest BCUT2D eigenvalue weighted by atomic mass is 10.2. The number of hydrogen-bond acceptors (Lipinski definition) is 2. The molecule has 0 saturated heterocycles. The number of rotatable bonds is 3. The van der Waals surface area contributed by atoms with Crippen LogP contribution in [0.2, 0.25) is 0 Å². The topological polar surface area (TPSA) is 46.4 Å². The fourth-order valence-electron chi connectivity index (χ4n) is 2.23. The summed E-state index contributed by atoms with van der Waals surface area (Å²) in [5.74, 6) is 0.231. The summed E-state index contributed by atoms with van der Waals surface area (Å²) < 4.78 is 14.7. The predicted octanol–water partition coefficient (Wildman–Crippen LogP) is 2.71. The number of fused-ring (bicyclic) bond motifs is 1. The minimum Gasteiger partial charge on any atom is -0.347 e. The van der Waals surface area contributed by atoms with Crippen LogP contribution in [-0.4, -0.2) is 15.3 Å². The Morgan fingerprint density at radius 2 is 2.00 bits per heavy atom. The van der Waals surface area contributed by atoms with E-state index >= 15 is 0 Å². The number of benzene rings is 1. The third kappa shape index (κ3) is 2.63. The van der Waals surface area contributed by atoms with Gasteiger partial charge in [-0.25, -0.2) is 9.37 Å². The van der Waals surface area contributed by atoms with Gasteiger partial charge in [0.2, 0.25) is 0 Å². The van der Waals surface area contributed by atoms with Crippen LogP contribution in [0.5, 0.6) is 0 Å². The van der Waals surface area contributed by atoms with Crippen LogP contribution in [0.25, 0.3) is 5.52 Å². The van der Waals surface area contributed by atoms with Crippen molar-refractivity contribution in [2.24, 2.45) is 0 Å². The Hall–Kier alpha value is -2.69. The summed E-state index contributed by atoms with van der Waals surface area (Å²) in [6, 6.07) is 11.6. The summed E-state index contributed by atoms with van der Waals surface area (Å²) >= 11 is 0. The summed E-state index contributed by atoms with van der Waals surface area (Å²) in [6.07, 6.45) is 1.87. The van der Waals surface area contributed by atoms with Gasteiger partial charge in [-0.05, 0) is 36.8 Å². The molecule has 3 aromatic rings. The predicted molar refractivity (Wildman–Crippen MR) is 77.5 cm³/mol. The molecule has 0 spiro atoms. The van der Waals surface area contributed by atoms with Gasteiger partial charge in [-0.3, -0.25) is 4.79 Å². The second-order valence-electron chi connectivity index (χ2n) is 4.77. The van der Waals surface area contributed by atoms with E-state index in [1.807, 2.05) is 35.7 Å². The molecule has 1 amide bonds. The van der Waals surface area contributed by atoms with Crippen molar-refractivity contribution >= 4 is 11.4 Å². The lowest BCUT2D eigenvalue weighted by Crippen LogP contribution is -2.23. The molecule has 0 aliphatic rings. The molecule has 0 aliphatic carbocycles. The largest absolute Gasteiger partial charge is 0.347 e. The first-order chi connectivity index (χ1) is 10.1. The van der Waals surface area contributed by atoms with Crippen LogP contribution >= 0.6 is 0 Å². The van der Waals surface area contributed by atoms with Crippen LogP contribution in [-0.2, 0) is 6.54 Å². The Balaban J connectivity index is 1.79. The van der Waals surface area contributed by atoms with E-state index in [0.717, 1.165) is 16.9 Å². The number of pyridine rings is 1. The third-order valence-corrected chi connectivity index (χ3v) is 3.31. The smallest absolute Gasteiger partial charge is 0.272 e. The van der Waals surface area contributed by atoms with Gasteiger partial charge in [0, 0.05) is 12.7 Å².